The molecular formula is C13H17BrN4O. The van der Waals surface area contributed by atoms with Gasteiger partial charge in [0.1, 0.15) is 5.69 Å². The normalized spacial score (nSPS) is 10.7. The number of rotatable bonds is 6. The molecule has 2 rings (SSSR count). The van der Waals surface area contributed by atoms with Crippen LogP contribution >= 0.6 is 15.9 Å². The molecule has 2 N–H and O–H groups in total. The number of aliphatic hydroxyl groups is 1. The molecule has 0 spiro atoms. The van der Waals surface area contributed by atoms with E-state index in [0.717, 1.165) is 15.9 Å². The molecule has 1 aromatic carbocycles. The number of anilines is 1. The number of nitrogens with zero attached hydrogens (tertiary/aromatic N) is 3. The van der Waals surface area contributed by atoms with Gasteiger partial charge in [0.15, 0.2) is 0 Å². The minimum absolute atomic E-state index is 0.171. The van der Waals surface area contributed by atoms with E-state index in [0.29, 0.717) is 19.5 Å². The van der Waals surface area contributed by atoms with E-state index >= 15 is 0 Å². The predicted octanol–water partition coefficient (Wildman–Crippen LogP) is 2.34. The van der Waals surface area contributed by atoms with Gasteiger partial charge in [-0.15, -0.1) is 5.10 Å². The van der Waals surface area contributed by atoms with Crippen LogP contribution in [-0.4, -0.2) is 26.7 Å². The summed E-state index contributed by atoms with van der Waals surface area (Å²) in [4.78, 5) is 0. The number of aromatic nitrogens is 3. The summed E-state index contributed by atoms with van der Waals surface area (Å²) in [6.45, 7) is 3.56. The third kappa shape index (κ3) is 3.78. The zero-order valence-corrected chi connectivity index (χ0v) is 12.4. The molecule has 0 bridgehead atoms. The van der Waals surface area contributed by atoms with Crippen molar-refractivity contribution in [2.24, 2.45) is 0 Å². The van der Waals surface area contributed by atoms with Gasteiger partial charge in [0.25, 0.3) is 0 Å². The summed E-state index contributed by atoms with van der Waals surface area (Å²) in [6.07, 6.45) is 2.59. The van der Waals surface area contributed by atoms with Gasteiger partial charge in [0.2, 0.25) is 0 Å². The van der Waals surface area contributed by atoms with Crippen molar-refractivity contribution in [2.45, 2.75) is 26.4 Å². The second-order valence-electron chi connectivity index (χ2n) is 4.32. The van der Waals surface area contributed by atoms with Gasteiger partial charge in [0, 0.05) is 23.3 Å². The average Bonchev–Trinajstić information content (AvgIpc) is 2.86. The lowest BCUT2D eigenvalue weighted by Gasteiger charge is -2.08. The number of hydrogen-bond donors (Lipinski definition) is 2. The molecule has 0 radical (unpaired) electrons. The van der Waals surface area contributed by atoms with Gasteiger partial charge < -0.3 is 10.4 Å². The van der Waals surface area contributed by atoms with Gasteiger partial charge in [0.05, 0.1) is 12.7 Å². The first kappa shape index (κ1) is 14.0. The van der Waals surface area contributed by atoms with E-state index in [2.05, 4.69) is 38.5 Å². The van der Waals surface area contributed by atoms with Gasteiger partial charge in [-0.1, -0.05) is 27.2 Å². The first-order valence-corrected chi connectivity index (χ1v) is 6.99. The van der Waals surface area contributed by atoms with Crippen LogP contribution in [-0.2, 0) is 13.1 Å². The minimum atomic E-state index is 0.171. The van der Waals surface area contributed by atoms with Crippen molar-refractivity contribution in [2.75, 3.05) is 11.9 Å². The molecule has 0 aliphatic rings. The second kappa shape index (κ2) is 6.68. The van der Waals surface area contributed by atoms with E-state index in [4.69, 9.17) is 5.11 Å². The maximum atomic E-state index is 8.76. The molecule has 0 saturated carbocycles. The fourth-order valence-electron chi connectivity index (χ4n) is 1.75. The van der Waals surface area contributed by atoms with Crippen LogP contribution in [0.15, 0.2) is 28.9 Å². The smallest absolute Gasteiger partial charge is 0.102 e. The van der Waals surface area contributed by atoms with Gasteiger partial charge in [-0.05, 0) is 31.0 Å². The Morgan fingerprint density at radius 1 is 1.42 bits per heavy atom. The van der Waals surface area contributed by atoms with Crippen molar-refractivity contribution in [1.82, 2.24) is 15.0 Å². The van der Waals surface area contributed by atoms with Crippen molar-refractivity contribution in [3.63, 3.8) is 0 Å². The number of benzene rings is 1. The van der Waals surface area contributed by atoms with Gasteiger partial charge in [-0.3, -0.25) is 4.68 Å². The molecule has 0 unspecified atom stereocenters. The van der Waals surface area contributed by atoms with Gasteiger partial charge in [-0.2, -0.15) is 0 Å². The van der Waals surface area contributed by atoms with Crippen molar-refractivity contribution < 1.29 is 5.11 Å². The monoisotopic (exact) mass is 324 g/mol. The van der Waals surface area contributed by atoms with Crippen LogP contribution in [0.3, 0.4) is 0 Å². The molecule has 1 heterocycles. The number of hydrogen-bond acceptors (Lipinski definition) is 4. The molecule has 6 heteroatoms. The fraction of sp³-hybridized carbons (Fsp3) is 0.385. The molecule has 0 atom stereocenters. The zero-order valence-electron chi connectivity index (χ0n) is 10.8. The van der Waals surface area contributed by atoms with Crippen LogP contribution in [0, 0.1) is 6.92 Å². The quantitative estimate of drug-likeness (QED) is 0.856. The van der Waals surface area contributed by atoms with Crippen LogP contribution in [0.25, 0.3) is 0 Å². The highest BCUT2D eigenvalue weighted by molar-refractivity contribution is 9.10. The molecule has 19 heavy (non-hydrogen) atoms. The summed E-state index contributed by atoms with van der Waals surface area (Å²) in [6, 6.07) is 6.06. The van der Waals surface area contributed by atoms with Crippen LogP contribution < -0.4 is 5.32 Å². The maximum absolute atomic E-state index is 8.76. The fourth-order valence-corrected chi connectivity index (χ4v) is 2.11. The Balaban J connectivity index is 1.95. The topological polar surface area (TPSA) is 63.0 Å². The molecule has 0 saturated heterocycles. The Hall–Kier alpha value is -1.40. The van der Waals surface area contributed by atoms with Crippen molar-refractivity contribution in [1.29, 1.82) is 0 Å². The second-order valence-corrected chi connectivity index (χ2v) is 5.17. The minimum Gasteiger partial charge on any atom is -0.396 e. The Kier molecular flexibility index (Phi) is 4.93. The highest BCUT2D eigenvalue weighted by Crippen LogP contribution is 2.23. The Labute approximate surface area is 120 Å². The molecule has 0 aliphatic carbocycles. The lowest BCUT2D eigenvalue weighted by Crippen LogP contribution is -2.02. The SMILES string of the molecule is Cc1c(Br)cccc1NCc1cn(CCCO)nn1. The number of halogens is 1. The summed E-state index contributed by atoms with van der Waals surface area (Å²) < 4.78 is 2.84. The molecule has 2 aromatic rings. The van der Waals surface area contributed by atoms with Crippen molar-refractivity contribution in [3.8, 4) is 0 Å². The molecule has 5 nitrogen and oxygen atoms in total. The Bertz CT molecular complexity index is 541. The lowest BCUT2D eigenvalue weighted by atomic mass is 10.2. The molecule has 0 aliphatic heterocycles. The number of aryl methyl sites for hydroxylation is 1. The van der Waals surface area contributed by atoms with E-state index < -0.39 is 0 Å². The van der Waals surface area contributed by atoms with Gasteiger partial charge >= 0.3 is 0 Å². The van der Waals surface area contributed by atoms with Gasteiger partial charge in [-0.25, -0.2) is 0 Å². The Morgan fingerprint density at radius 3 is 3.05 bits per heavy atom. The molecule has 0 fully saturated rings. The molecule has 0 amide bonds. The summed E-state index contributed by atoms with van der Waals surface area (Å²) in [5.74, 6) is 0. The number of aliphatic hydroxyl groups excluding tert-OH is 1. The van der Waals surface area contributed by atoms with Crippen LogP contribution in [0.1, 0.15) is 17.7 Å². The van der Waals surface area contributed by atoms with E-state index in [1.807, 2.05) is 24.4 Å². The average molecular weight is 325 g/mol. The first-order chi connectivity index (χ1) is 9.20. The van der Waals surface area contributed by atoms with E-state index in [-0.39, 0.29) is 6.61 Å². The maximum Gasteiger partial charge on any atom is 0.102 e. The molecular weight excluding hydrogens is 308 g/mol. The van der Waals surface area contributed by atoms with Crippen molar-refractivity contribution >= 4 is 21.6 Å². The summed E-state index contributed by atoms with van der Waals surface area (Å²) in [5.41, 5.74) is 3.15. The molecule has 102 valence electrons. The number of nitrogens with one attached hydrogen (secondary N) is 1. The first-order valence-electron chi connectivity index (χ1n) is 6.19. The molecule has 1 aromatic heterocycles. The third-order valence-corrected chi connectivity index (χ3v) is 3.72. The van der Waals surface area contributed by atoms with E-state index in [1.165, 1.54) is 5.56 Å². The summed E-state index contributed by atoms with van der Waals surface area (Å²) in [7, 11) is 0. The highest BCUT2D eigenvalue weighted by Gasteiger charge is 2.04. The van der Waals surface area contributed by atoms with Crippen molar-refractivity contribution in [3.05, 3.63) is 40.1 Å². The van der Waals surface area contributed by atoms with Crippen LogP contribution in [0.4, 0.5) is 5.69 Å². The largest absolute Gasteiger partial charge is 0.396 e. The third-order valence-electron chi connectivity index (χ3n) is 2.86. The summed E-state index contributed by atoms with van der Waals surface area (Å²) in [5, 5.41) is 20.2. The standard InChI is InChI=1S/C13H17BrN4O/c1-10-12(14)4-2-5-13(10)15-8-11-9-18(17-16-11)6-3-7-19/h2,4-5,9,15,19H,3,6-8H2,1H3. The Morgan fingerprint density at radius 2 is 2.26 bits per heavy atom. The van der Waals surface area contributed by atoms with E-state index in [1.54, 1.807) is 4.68 Å². The van der Waals surface area contributed by atoms with E-state index in [9.17, 15) is 0 Å². The predicted molar refractivity (Wildman–Crippen MR) is 77.9 cm³/mol. The van der Waals surface area contributed by atoms with Crippen LogP contribution in [0.2, 0.25) is 0 Å². The lowest BCUT2D eigenvalue weighted by molar-refractivity contribution is 0.276. The zero-order chi connectivity index (χ0) is 13.7. The highest BCUT2D eigenvalue weighted by atomic mass is 79.9. The van der Waals surface area contributed by atoms with Crippen LogP contribution in [0.5, 0.6) is 0 Å². The summed E-state index contributed by atoms with van der Waals surface area (Å²) >= 11 is 3.51.